The SMILES string of the molecule is CCNc1nc2c(s1)C(=O)CCCC2. The van der Waals surface area contributed by atoms with Crippen LogP contribution >= 0.6 is 11.3 Å². The zero-order chi connectivity index (χ0) is 9.97. The number of carbonyl (C=O) groups is 1. The molecule has 1 aliphatic carbocycles. The van der Waals surface area contributed by atoms with Crippen LogP contribution in [0.5, 0.6) is 0 Å². The fourth-order valence-corrected chi connectivity index (χ4v) is 2.70. The van der Waals surface area contributed by atoms with Crippen LogP contribution < -0.4 is 5.32 Å². The van der Waals surface area contributed by atoms with Crippen molar-refractivity contribution >= 4 is 22.3 Å². The normalized spacial score (nSPS) is 16.2. The fourth-order valence-electron chi connectivity index (χ4n) is 1.66. The van der Waals surface area contributed by atoms with Gasteiger partial charge in [0.25, 0.3) is 0 Å². The number of Topliss-reactive ketones (excluding diaryl/α,β-unsaturated/α-hetero) is 1. The van der Waals surface area contributed by atoms with E-state index in [2.05, 4.69) is 10.3 Å². The Labute approximate surface area is 87.6 Å². The Morgan fingerprint density at radius 1 is 1.43 bits per heavy atom. The lowest BCUT2D eigenvalue weighted by atomic mass is 10.2. The van der Waals surface area contributed by atoms with Crippen LogP contribution in [0.4, 0.5) is 5.13 Å². The zero-order valence-electron chi connectivity index (χ0n) is 8.30. The third kappa shape index (κ3) is 1.80. The zero-order valence-corrected chi connectivity index (χ0v) is 9.12. The highest BCUT2D eigenvalue weighted by Gasteiger charge is 2.20. The van der Waals surface area contributed by atoms with Crippen molar-refractivity contribution in [3.63, 3.8) is 0 Å². The Hall–Kier alpha value is -0.900. The minimum atomic E-state index is 0.277. The molecule has 1 aromatic heterocycles. The van der Waals surface area contributed by atoms with E-state index in [0.29, 0.717) is 6.42 Å². The van der Waals surface area contributed by atoms with Crippen molar-refractivity contribution in [2.75, 3.05) is 11.9 Å². The van der Waals surface area contributed by atoms with Gasteiger partial charge in [0.1, 0.15) is 0 Å². The molecule has 0 bridgehead atoms. The average molecular weight is 210 g/mol. The van der Waals surface area contributed by atoms with Crippen molar-refractivity contribution in [1.29, 1.82) is 0 Å². The van der Waals surface area contributed by atoms with Gasteiger partial charge in [-0.1, -0.05) is 11.3 Å². The van der Waals surface area contributed by atoms with Gasteiger partial charge in [0.15, 0.2) is 10.9 Å². The molecule has 0 amide bonds. The lowest BCUT2D eigenvalue weighted by Gasteiger charge is -1.94. The molecule has 1 N–H and O–H groups in total. The number of nitrogens with zero attached hydrogens (tertiary/aromatic N) is 1. The number of hydrogen-bond donors (Lipinski definition) is 1. The smallest absolute Gasteiger partial charge is 0.183 e. The van der Waals surface area contributed by atoms with Crippen LogP contribution in [-0.2, 0) is 6.42 Å². The predicted octanol–water partition coefficient (Wildman–Crippen LogP) is 2.48. The molecular formula is C10H14N2OS. The first-order chi connectivity index (χ1) is 6.81. The van der Waals surface area contributed by atoms with E-state index in [1.807, 2.05) is 6.92 Å². The largest absolute Gasteiger partial charge is 0.362 e. The molecule has 0 saturated carbocycles. The highest BCUT2D eigenvalue weighted by molar-refractivity contribution is 7.17. The number of fused-ring (bicyclic) bond motifs is 1. The summed E-state index contributed by atoms with van der Waals surface area (Å²) in [5, 5.41) is 4.06. The second kappa shape index (κ2) is 4.09. The standard InChI is InChI=1S/C10H14N2OS/c1-2-11-10-12-7-5-3-4-6-8(13)9(7)14-10/h2-6H2,1H3,(H,11,12). The van der Waals surface area contributed by atoms with E-state index in [0.717, 1.165) is 41.5 Å². The molecule has 3 nitrogen and oxygen atoms in total. The van der Waals surface area contributed by atoms with Gasteiger partial charge in [-0.3, -0.25) is 4.79 Å². The summed E-state index contributed by atoms with van der Waals surface area (Å²) in [5.74, 6) is 0.277. The molecule has 1 heterocycles. The Bertz CT molecular complexity index is 346. The van der Waals surface area contributed by atoms with Crippen LogP contribution in [0.15, 0.2) is 0 Å². The Morgan fingerprint density at radius 2 is 2.21 bits per heavy atom. The third-order valence-corrected chi connectivity index (χ3v) is 3.44. The van der Waals surface area contributed by atoms with Crippen molar-refractivity contribution in [3.8, 4) is 0 Å². The van der Waals surface area contributed by atoms with E-state index >= 15 is 0 Å². The minimum Gasteiger partial charge on any atom is -0.362 e. The number of carbonyl (C=O) groups excluding carboxylic acids is 1. The number of anilines is 1. The van der Waals surface area contributed by atoms with Gasteiger partial charge in [0.2, 0.25) is 0 Å². The van der Waals surface area contributed by atoms with Crippen LogP contribution in [0, 0.1) is 0 Å². The highest BCUT2D eigenvalue weighted by atomic mass is 32.1. The number of aryl methyl sites for hydroxylation is 1. The van der Waals surface area contributed by atoms with Crippen molar-refractivity contribution in [2.24, 2.45) is 0 Å². The predicted molar refractivity (Wildman–Crippen MR) is 58.2 cm³/mol. The first-order valence-electron chi connectivity index (χ1n) is 5.08. The van der Waals surface area contributed by atoms with E-state index in [9.17, 15) is 4.79 Å². The summed E-state index contributed by atoms with van der Waals surface area (Å²) >= 11 is 1.51. The van der Waals surface area contributed by atoms with Crippen LogP contribution in [0.25, 0.3) is 0 Å². The maximum Gasteiger partial charge on any atom is 0.183 e. The van der Waals surface area contributed by atoms with Gasteiger partial charge in [0.05, 0.1) is 10.6 Å². The van der Waals surface area contributed by atoms with Gasteiger partial charge in [-0.15, -0.1) is 0 Å². The molecule has 0 fully saturated rings. The second-order valence-electron chi connectivity index (χ2n) is 3.46. The van der Waals surface area contributed by atoms with Crippen molar-refractivity contribution in [2.45, 2.75) is 32.6 Å². The highest BCUT2D eigenvalue weighted by Crippen LogP contribution is 2.28. The number of aromatic nitrogens is 1. The maximum absolute atomic E-state index is 11.7. The van der Waals surface area contributed by atoms with Crippen LogP contribution in [-0.4, -0.2) is 17.3 Å². The Morgan fingerprint density at radius 3 is 3.00 bits per heavy atom. The monoisotopic (exact) mass is 210 g/mol. The van der Waals surface area contributed by atoms with E-state index in [1.54, 1.807) is 0 Å². The first kappa shape index (κ1) is 9.65. The van der Waals surface area contributed by atoms with E-state index in [1.165, 1.54) is 11.3 Å². The molecule has 2 rings (SSSR count). The van der Waals surface area contributed by atoms with Crippen LogP contribution in [0.2, 0.25) is 0 Å². The fraction of sp³-hybridized carbons (Fsp3) is 0.600. The van der Waals surface area contributed by atoms with Gasteiger partial charge in [0, 0.05) is 13.0 Å². The number of rotatable bonds is 2. The third-order valence-electron chi connectivity index (χ3n) is 2.35. The Kier molecular flexibility index (Phi) is 2.82. The van der Waals surface area contributed by atoms with E-state index < -0.39 is 0 Å². The van der Waals surface area contributed by atoms with Gasteiger partial charge in [-0.25, -0.2) is 4.98 Å². The Balaban J connectivity index is 2.29. The van der Waals surface area contributed by atoms with E-state index in [4.69, 9.17) is 0 Å². The topological polar surface area (TPSA) is 42.0 Å². The molecule has 0 spiro atoms. The summed E-state index contributed by atoms with van der Waals surface area (Å²) < 4.78 is 0. The molecule has 1 aliphatic rings. The molecule has 0 saturated heterocycles. The quantitative estimate of drug-likeness (QED) is 0.762. The number of hydrogen-bond acceptors (Lipinski definition) is 4. The molecule has 0 aliphatic heterocycles. The van der Waals surface area contributed by atoms with Crippen molar-refractivity contribution < 1.29 is 4.79 Å². The maximum atomic E-state index is 11.7. The second-order valence-corrected chi connectivity index (χ2v) is 4.45. The number of nitrogens with one attached hydrogen (secondary N) is 1. The summed E-state index contributed by atoms with van der Waals surface area (Å²) in [6.07, 6.45) is 3.76. The number of thiazole rings is 1. The molecule has 1 aromatic rings. The lowest BCUT2D eigenvalue weighted by molar-refractivity contribution is 0.0985. The molecule has 0 atom stereocenters. The van der Waals surface area contributed by atoms with Gasteiger partial charge in [-0.05, 0) is 26.2 Å². The number of ketones is 1. The molecular weight excluding hydrogens is 196 g/mol. The van der Waals surface area contributed by atoms with Gasteiger partial charge in [-0.2, -0.15) is 0 Å². The molecule has 14 heavy (non-hydrogen) atoms. The molecule has 76 valence electrons. The van der Waals surface area contributed by atoms with Gasteiger partial charge >= 0.3 is 0 Å². The summed E-state index contributed by atoms with van der Waals surface area (Å²) in [5.41, 5.74) is 1.01. The summed E-state index contributed by atoms with van der Waals surface area (Å²) in [4.78, 5) is 17.0. The lowest BCUT2D eigenvalue weighted by Crippen LogP contribution is -1.96. The molecule has 0 unspecified atom stereocenters. The van der Waals surface area contributed by atoms with Crippen molar-refractivity contribution in [1.82, 2.24) is 4.98 Å². The van der Waals surface area contributed by atoms with Gasteiger partial charge < -0.3 is 5.32 Å². The van der Waals surface area contributed by atoms with Crippen LogP contribution in [0.1, 0.15) is 41.6 Å². The summed E-state index contributed by atoms with van der Waals surface area (Å²) in [7, 11) is 0. The molecule has 4 heteroatoms. The first-order valence-corrected chi connectivity index (χ1v) is 5.89. The molecule has 0 radical (unpaired) electrons. The summed E-state index contributed by atoms with van der Waals surface area (Å²) in [6, 6.07) is 0. The van der Waals surface area contributed by atoms with Crippen molar-refractivity contribution in [3.05, 3.63) is 10.6 Å². The summed E-state index contributed by atoms with van der Waals surface area (Å²) in [6.45, 7) is 2.90. The van der Waals surface area contributed by atoms with Crippen LogP contribution in [0.3, 0.4) is 0 Å². The van der Waals surface area contributed by atoms with E-state index in [-0.39, 0.29) is 5.78 Å². The molecule has 0 aromatic carbocycles. The minimum absolute atomic E-state index is 0.277. The average Bonchev–Trinajstić information content (AvgIpc) is 2.49.